The molecule has 1 unspecified atom stereocenters. The second-order valence-corrected chi connectivity index (χ2v) is 4.50. The molecule has 2 heterocycles. The maximum absolute atomic E-state index is 4.44. The SMILES string of the molecule is CCc1cnc(N2CCNCC(C)C2)nc1. The molecule has 0 saturated carbocycles. The zero-order valence-corrected chi connectivity index (χ0v) is 10.1. The standard InChI is InChI=1S/C12H20N4/c1-3-11-7-14-12(15-8-11)16-5-4-13-6-10(2)9-16/h7-8,10,13H,3-6,9H2,1-2H3. The first-order valence-electron chi connectivity index (χ1n) is 6.06. The van der Waals surface area contributed by atoms with E-state index in [1.165, 1.54) is 5.56 Å². The molecule has 4 nitrogen and oxygen atoms in total. The maximum Gasteiger partial charge on any atom is 0.225 e. The molecule has 0 amide bonds. The van der Waals surface area contributed by atoms with Gasteiger partial charge >= 0.3 is 0 Å². The summed E-state index contributed by atoms with van der Waals surface area (Å²) in [4.78, 5) is 11.1. The number of hydrogen-bond donors (Lipinski definition) is 1. The summed E-state index contributed by atoms with van der Waals surface area (Å²) in [5.41, 5.74) is 1.20. The molecular formula is C12H20N4. The van der Waals surface area contributed by atoms with Crippen LogP contribution in [0, 0.1) is 5.92 Å². The highest BCUT2D eigenvalue weighted by Crippen LogP contribution is 2.11. The molecule has 1 aromatic heterocycles. The van der Waals surface area contributed by atoms with Crippen molar-refractivity contribution >= 4 is 5.95 Å². The summed E-state index contributed by atoms with van der Waals surface area (Å²) < 4.78 is 0. The average molecular weight is 220 g/mol. The van der Waals surface area contributed by atoms with Crippen LogP contribution in [0.5, 0.6) is 0 Å². The number of nitrogens with one attached hydrogen (secondary N) is 1. The summed E-state index contributed by atoms with van der Waals surface area (Å²) in [7, 11) is 0. The van der Waals surface area contributed by atoms with E-state index in [-0.39, 0.29) is 0 Å². The third-order valence-corrected chi connectivity index (χ3v) is 2.97. The van der Waals surface area contributed by atoms with Crippen molar-refractivity contribution in [1.82, 2.24) is 15.3 Å². The topological polar surface area (TPSA) is 41.1 Å². The zero-order valence-electron chi connectivity index (χ0n) is 10.1. The molecule has 88 valence electrons. The first-order valence-corrected chi connectivity index (χ1v) is 6.06. The van der Waals surface area contributed by atoms with Crippen molar-refractivity contribution in [3.63, 3.8) is 0 Å². The van der Waals surface area contributed by atoms with E-state index in [2.05, 4.69) is 34.0 Å². The van der Waals surface area contributed by atoms with Gasteiger partial charge < -0.3 is 10.2 Å². The van der Waals surface area contributed by atoms with E-state index >= 15 is 0 Å². The lowest BCUT2D eigenvalue weighted by molar-refractivity contribution is 0.561. The highest BCUT2D eigenvalue weighted by atomic mass is 15.3. The number of nitrogens with zero attached hydrogens (tertiary/aromatic N) is 3. The number of aromatic nitrogens is 2. The van der Waals surface area contributed by atoms with Crippen LogP contribution < -0.4 is 10.2 Å². The van der Waals surface area contributed by atoms with Crippen LogP contribution in [0.2, 0.25) is 0 Å². The van der Waals surface area contributed by atoms with Crippen LogP contribution in [-0.4, -0.2) is 36.1 Å². The Balaban J connectivity index is 2.09. The molecule has 0 bridgehead atoms. The molecule has 1 N–H and O–H groups in total. The molecule has 1 atom stereocenters. The monoisotopic (exact) mass is 220 g/mol. The average Bonchev–Trinajstić information content (AvgIpc) is 2.54. The van der Waals surface area contributed by atoms with E-state index in [1.54, 1.807) is 0 Å². The molecule has 16 heavy (non-hydrogen) atoms. The number of hydrogen-bond acceptors (Lipinski definition) is 4. The van der Waals surface area contributed by atoms with Gasteiger partial charge in [0.05, 0.1) is 0 Å². The molecule has 1 saturated heterocycles. The van der Waals surface area contributed by atoms with Gasteiger partial charge in [0, 0.05) is 32.0 Å². The van der Waals surface area contributed by atoms with Gasteiger partial charge in [-0.25, -0.2) is 9.97 Å². The van der Waals surface area contributed by atoms with Crippen LogP contribution in [-0.2, 0) is 6.42 Å². The minimum Gasteiger partial charge on any atom is -0.339 e. The third kappa shape index (κ3) is 2.70. The van der Waals surface area contributed by atoms with E-state index in [4.69, 9.17) is 0 Å². The van der Waals surface area contributed by atoms with Crippen LogP contribution in [0.4, 0.5) is 5.95 Å². The Morgan fingerprint density at radius 3 is 2.88 bits per heavy atom. The van der Waals surface area contributed by atoms with E-state index in [0.29, 0.717) is 5.92 Å². The van der Waals surface area contributed by atoms with Gasteiger partial charge in [-0.3, -0.25) is 0 Å². The molecule has 1 aliphatic rings. The Bertz CT molecular complexity index is 322. The summed E-state index contributed by atoms with van der Waals surface area (Å²) in [5, 5.41) is 3.42. The van der Waals surface area contributed by atoms with E-state index in [0.717, 1.165) is 38.5 Å². The predicted octanol–water partition coefficient (Wildman–Crippen LogP) is 1.08. The fraction of sp³-hybridized carbons (Fsp3) is 0.667. The molecular weight excluding hydrogens is 200 g/mol. The van der Waals surface area contributed by atoms with Crippen molar-refractivity contribution in [2.45, 2.75) is 20.3 Å². The predicted molar refractivity (Wildman–Crippen MR) is 65.7 cm³/mol. The van der Waals surface area contributed by atoms with Crippen molar-refractivity contribution in [3.05, 3.63) is 18.0 Å². The summed E-state index contributed by atoms with van der Waals surface area (Å²) in [6, 6.07) is 0. The van der Waals surface area contributed by atoms with Crippen molar-refractivity contribution < 1.29 is 0 Å². The molecule has 1 aliphatic heterocycles. The molecule has 0 aromatic carbocycles. The van der Waals surface area contributed by atoms with E-state index in [9.17, 15) is 0 Å². The molecule has 0 aliphatic carbocycles. The first-order chi connectivity index (χ1) is 7.79. The lowest BCUT2D eigenvalue weighted by atomic mass is 10.2. The number of anilines is 1. The summed E-state index contributed by atoms with van der Waals surface area (Å²) in [5.74, 6) is 1.52. The fourth-order valence-electron chi connectivity index (χ4n) is 1.97. The summed E-state index contributed by atoms with van der Waals surface area (Å²) in [6.07, 6.45) is 4.87. The Hall–Kier alpha value is -1.16. The van der Waals surface area contributed by atoms with E-state index < -0.39 is 0 Å². The zero-order chi connectivity index (χ0) is 11.4. The fourth-order valence-corrected chi connectivity index (χ4v) is 1.97. The molecule has 0 radical (unpaired) electrons. The summed E-state index contributed by atoms with van der Waals surface area (Å²) in [6.45, 7) is 8.52. The Kier molecular flexibility index (Phi) is 3.72. The van der Waals surface area contributed by atoms with Crippen LogP contribution in [0.15, 0.2) is 12.4 Å². The number of rotatable bonds is 2. The van der Waals surface area contributed by atoms with Crippen LogP contribution in [0.25, 0.3) is 0 Å². The highest BCUT2D eigenvalue weighted by molar-refractivity contribution is 5.30. The maximum atomic E-state index is 4.44. The van der Waals surface area contributed by atoms with Gasteiger partial charge in [0.1, 0.15) is 0 Å². The normalized spacial score (nSPS) is 21.9. The van der Waals surface area contributed by atoms with Crippen molar-refractivity contribution in [1.29, 1.82) is 0 Å². The smallest absolute Gasteiger partial charge is 0.225 e. The van der Waals surface area contributed by atoms with E-state index in [1.807, 2.05) is 12.4 Å². The van der Waals surface area contributed by atoms with Crippen molar-refractivity contribution in [3.8, 4) is 0 Å². The molecule has 0 spiro atoms. The molecule has 1 fully saturated rings. The van der Waals surface area contributed by atoms with Crippen LogP contribution in [0.3, 0.4) is 0 Å². The molecule has 1 aromatic rings. The van der Waals surface area contributed by atoms with Crippen LogP contribution in [0.1, 0.15) is 19.4 Å². The second-order valence-electron chi connectivity index (χ2n) is 4.50. The Morgan fingerprint density at radius 2 is 2.19 bits per heavy atom. The highest BCUT2D eigenvalue weighted by Gasteiger charge is 2.16. The third-order valence-electron chi connectivity index (χ3n) is 2.97. The quantitative estimate of drug-likeness (QED) is 0.810. The van der Waals surface area contributed by atoms with Crippen LogP contribution >= 0.6 is 0 Å². The lowest BCUT2D eigenvalue weighted by Crippen LogP contribution is -2.30. The van der Waals surface area contributed by atoms with Gasteiger partial charge in [-0.2, -0.15) is 0 Å². The van der Waals surface area contributed by atoms with Gasteiger partial charge in [-0.1, -0.05) is 13.8 Å². The van der Waals surface area contributed by atoms with Crippen molar-refractivity contribution in [2.24, 2.45) is 5.92 Å². The Labute approximate surface area is 97.1 Å². The van der Waals surface area contributed by atoms with Gasteiger partial charge in [-0.15, -0.1) is 0 Å². The van der Waals surface area contributed by atoms with Gasteiger partial charge in [0.15, 0.2) is 0 Å². The van der Waals surface area contributed by atoms with Gasteiger partial charge in [-0.05, 0) is 24.4 Å². The largest absolute Gasteiger partial charge is 0.339 e. The van der Waals surface area contributed by atoms with Gasteiger partial charge in [0.2, 0.25) is 5.95 Å². The summed E-state index contributed by atoms with van der Waals surface area (Å²) >= 11 is 0. The minimum absolute atomic E-state index is 0.650. The molecule has 2 rings (SSSR count). The minimum atomic E-state index is 0.650. The lowest BCUT2D eigenvalue weighted by Gasteiger charge is -2.21. The molecule has 4 heteroatoms. The number of aryl methyl sites for hydroxylation is 1. The Morgan fingerprint density at radius 1 is 1.44 bits per heavy atom. The van der Waals surface area contributed by atoms with Crippen molar-refractivity contribution in [2.75, 3.05) is 31.1 Å². The first kappa shape index (κ1) is 11.3. The second kappa shape index (κ2) is 5.25. The van der Waals surface area contributed by atoms with Gasteiger partial charge in [0.25, 0.3) is 0 Å².